The lowest BCUT2D eigenvalue weighted by Gasteiger charge is -2.10. The minimum Gasteiger partial charge on any atom is -0.382 e. The SMILES string of the molecule is CNc1cccc(Nc2ccccc2F)c1[N+](=O)[O-]. The third kappa shape index (κ3) is 2.62. The van der Waals surface area contributed by atoms with Crippen LogP contribution in [0.15, 0.2) is 42.5 Å². The summed E-state index contributed by atoms with van der Waals surface area (Å²) in [6.45, 7) is 0. The molecule has 0 unspecified atom stereocenters. The average Bonchev–Trinajstić information content (AvgIpc) is 2.40. The highest BCUT2D eigenvalue weighted by molar-refractivity contribution is 5.79. The zero-order valence-corrected chi connectivity index (χ0v) is 10.2. The van der Waals surface area contributed by atoms with E-state index in [-0.39, 0.29) is 17.1 Å². The molecule has 0 atom stereocenters. The van der Waals surface area contributed by atoms with Crippen LogP contribution >= 0.6 is 0 Å². The fourth-order valence-electron chi connectivity index (χ4n) is 1.75. The molecule has 0 saturated heterocycles. The Balaban J connectivity index is 2.46. The Morgan fingerprint density at radius 3 is 2.32 bits per heavy atom. The first kappa shape index (κ1) is 12.8. The molecule has 6 heteroatoms. The molecular weight excluding hydrogens is 249 g/mol. The smallest absolute Gasteiger partial charge is 0.315 e. The number of hydrogen-bond donors (Lipinski definition) is 2. The molecule has 0 aromatic heterocycles. The molecule has 0 aliphatic rings. The van der Waals surface area contributed by atoms with Crippen molar-refractivity contribution in [3.63, 3.8) is 0 Å². The van der Waals surface area contributed by atoms with E-state index < -0.39 is 10.7 Å². The fraction of sp³-hybridized carbons (Fsp3) is 0.0769. The molecule has 5 nitrogen and oxygen atoms in total. The Kier molecular flexibility index (Phi) is 3.61. The van der Waals surface area contributed by atoms with E-state index in [4.69, 9.17) is 0 Å². The molecule has 0 aliphatic carbocycles. The van der Waals surface area contributed by atoms with Crippen LogP contribution in [0.3, 0.4) is 0 Å². The quantitative estimate of drug-likeness (QED) is 0.652. The fourth-order valence-corrected chi connectivity index (χ4v) is 1.75. The van der Waals surface area contributed by atoms with Gasteiger partial charge in [-0.1, -0.05) is 18.2 Å². The zero-order valence-electron chi connectivity index (χ0n) is 10.2. The van der Waals surface area contributed by atoms with E-state index in [9.17, 15) is 14.5 Å². The van der Waals surface area contributed by atoms with Gasteiger partial charge < -0.3 is 10.6 Å². The maximum Gasteiger partial charge on any atom is 0.315 e. The lowest BCUT2D eigenvalue weighted by molar-refractivity contribution is -0.383. The van der Waals surface area contributed by atoms with Gasteiger partial charge in [0.05, 0.1) is 10.6 Å². The maximum atomic E-state index is 13.5. The number of nitrogens with one attached hydrogen (secondary N) is 2. The number of rotatable bonds is 4. The van der Waals surface area contributed by atoms with E-state index in [0.29, 0.717) is 5.69 Å². The van der Waals surface area contributed by atoms with Gasteiger partial charge in [0.15, 0.2) is 0 Å². The lowest BCUT2D eigenvalue weighted by atomic mass is 10.2. The third-order valence-electron chi connectivity index (χ3n) is 2.63. The van der Waals surface area contributed by atoms with Crippen molar-refractivity contribution in [3.05, 3.63) is 58.4 Å². The van der Waals surface area contributed by atoms with Gasteiger partial charge in [-0.25, -0.2) is 4.39 Å². The van der Waals surface area contributed by atoms with Gasteiger partial charge in [-0.2, -0.15) is 0 Å². The third-order valence-corrected chi connectivity index (χ3v) is 2.63. The Morgan fingerprint density at radius 1 is 1.05 bits per heavy atom. The van der Waals surface area contributed by atoms with E-state index in [0.717, 1.165) is 0 Å². The maximum absolute atomic E-state index is 13.5. The van der Waals surface area contributed by atoms with Crippen LogP contribution in [0.4, 0.5) is 27.1 Å². The molecule has 19 heavy (non-hydrogen) atoms. The van der Waals surface area contributed by atoms with Crippen LogP contribution < -0.4 is 10.6 Å². The van der Waals surface area contributed by atoms with E-state index in [2.05, 4.69) is 10.6 Å². The van der Waals surface area contributed by atoms with Crippen LogP contribution in [-0.4, -0.2) is 12.0 Å². The largest absolute Gasteiger partial charge is 0.382 e. The van der Waals surface area contributed by atoms with Gasteiger partial charge in [0.2, 0.25) is 0 Å². The Labute approximate surface area is 109 Å². The predicted octanol–water partition coefficient (Wildman–Crippen LogP) is 3.52. The van der Waals surface area contributed by atoms with E-state index >= 15 is 0 Å². The van der Waals surface area contributed by atoms with E-state index in [1.807, 2.05) is 0 Å². The van der Waals surface area contributed by atoms with Gasteiger partial charge >= 0.3 is 5.69 Å². The highest BCUT2D eigenvalue weighted by Crippen LogP contribution is 2.34. The summed E-state index contributed by atoms with van der Waals surface area (Å²) >= 11 is 0. The highest BCUT2D eigenvalue weighted by Gasteiger charge is 2.19. The average molecular weight is 261 g/mol. The summed E-state index contributed by atoms with van der Waals surface area (Å²) in [5.74, 6) is -0.466. The van der Waals surface area contributed by atoms with E-state index in [1.165, 1.54) is 18.2 Å². The molecule has 0 bridgehead atoms. The van der Waals surface area contributed by atoms with Gasteiger partial charge in [0.25, 0.3) is 0 Å². The monoisotopic (exact) mass is 261 g/mol. The first-order chi connectivity index (χ1) is 9.13. The molecule has 2 aromatic carbocycles. The second kappa shape index (κ2) is 5.34. The molecule has 0 radical (unpaired) electrons. The van der Waals surface area contributed by atoms with Crippen molar-refractivity contribution in [3.8, 4) is 0 Å². The summed E-state index contributed by atoms with van der Waals surface area (Å²) in [6, 6.07) is 10.8. The number of nitro benzene ring substituents is 1. The van der Waals surface area contributed by atoms with Crippen molar-refractivity contribution >= 4 is 22.7 Å². The van der Waals surface area contributed by atoms with Crippen molar-refractivity contribution in [2.24, 2.45) is 0 Å². The van der Waals surface area contributed by atoms with Crippen molar-refractivity contribution in [2.45, 2.75) is 0 Å². The standard InChI is InChI=1S/C13H12FN3O2/c1-15-11-7-4-8-12(13(11)17(18)19)16-10-6-3-2-5-9(10)14/h2-8,15-16H,1H3. The first-order valence-electron chi connectivity index (χ1n) is 5.60. The van der Waals surface area contributed by atoms with Crippen LogP contribution in [0.2, 0.25) is 0 Å². The van der Waals surface area contributed by atoms with Crippen molar-refractivity contribution < 1.29 is 9.31 Å². The second-order valence-corrected chi connectivity index (χ2v) is 3.81. The Hall–Kier alpha value is -2.63. The Morgan fingerprint density at radius 2 is 1.68 bits per heavy atom. The number of hydrogen-bond acceptors (Lipinski definition) is 4. The summed E-state index contributed by atoms with van der Waals surface area (Å²) in [7, 11) is 1.59. The molecule has 0 spiro atoms. The number of benzene rings is 2. The van der Waals surface area contributed by atoms with Gasteiger partial charge in [0.1, 0.15) is 17.2 Å². The minimum absolute atomic E-state index is 0.117. The predicted molar refractivity (Wildman–Crippen MR) is 72.3 cm³/mol. The number of anilines is 3. The number of nitro groups is 1. The number of halogens is 1. The van der Waals surface area contributed by atoms with Crippen molar-refractivity contribution in [1.29, 1.82) is 0 Å². The summed E-state index contributed by atoms with van der Waals surface area (Å²) in [6.07, 6.45) is 0. The lowest BCUT2D eigenvalue weighted by Crippen LogP contribution is -2.02. The molecule has 2 rings (SSSR count). The minimum atomic E-state index is -0.505. The molecule has 0 fully saturated rings. The van der Waals surface area contributed by atoms with Gasteiger partial charge in [-0.3, -0.25) is 10.1 Å². The van der Waals surface area contributed by atoms with Crippen molar-refractivity contribution in [1.82, 2.24) is 0 Å². The summed E-state index contributed by atoms with van der Waals surface area (Å²) in [5, 5.41) is 16.6. The van der Waals surface area contributed by atoms with Crippen molar-refractivity contribution in [2.75, 3.05) is 17.7 Å². The Bertz CT molecular complexity index is 617. The molecule has 0 aliphatic heterocycles. The molecule has 2 aromatic rings. The summed E-state index contributed by atoms with van der Waals surface area (Å²) < 4.78 is 13.5. The molecule has 0 amide bonds. The van der Waals surface area contributed by atoms with Gasteiger partial charge in [-0.05, 0) is 24.3 Å². The van der Waals surface area contributed by atoms with Crippen LogP contribution in [0, 0.1) is 15.9 Å². The molecule has 0 saturated carbocycles. The molecule has 2 N–H and O–H groups in total. The van der Waals surface area contributed by atoms with Crippen LogP contribution in [-0.2, 0) is 0 Å². The van der Waals surface area contributed by atoms with Crippen LogP contribution in [0.5, 0.6) is 0 Å². The van der Waals surface area contributed by atoms with Crippen LogP contribution in [0.1, 0.15) is 0 Å². The van der Waals surface area contributed by atoms with Gasteiger partial charge in [-0.15, -0.1) is 0 Å². The normalized spacial score (nSPS) is 10.0. The zero-order chi connectivity index (χ0) is 13.8. The highest BCUT2D eigenvalue weighted by atomic mass is 19.1. The van der Waals surface area contributed by atoms with E-state index in [1.54, 1.807) is 31.3 Å². The summed E-state index contributed by atoms with van der Waals surface area (Å²) in [4.78, 5) is 10.6. The second-order valence-electron chi connectivity index (χ2n) is 3.81. The number of para-hydroxylation sites is 2. The summed E-state index contributed by atoms with van der Waals surface area (Å²) in [5.41, 5.74) is 0.681. The first-order valence-corrected chi connectivity index (χ1v) is 5.60. The molecule has 98 valence electrons. The topological polar surface area (TPSA) is 67.2 Å². The van der Waals surface area contributed by atoms with Gasteiger partial charge in [0, 0.05) is 7.05 Å². The number of nitrogens with zero attached hydrogens (tertiary/aromatic N) is 1. The van der Waals surface area contributed by atoms with Crippen LogP contribution in [0.25, 0.3) is 0 Å². The molecule has 0 heterocycles. The molecular formula is C13H12FN3O2.